The average molecular weight is 280 g/mol. The van der Waals surface area contributed by atoms with Crippen LogP contribution in [-0.2, 0) is 0 Å². The minimum absolute atomic E-state index is 0.323. The molecule has 0 fully saturated rings. The molecule has 0 amide bonds. The number of rotatable bonds is 3. The minimum atomic E-state index is -4.73. The molecule has 0 aliphatic rings. The van der Waals surface area contributed by atoms with Gasteiger partial charge in [-0.05, 0) is 37.1 Å². The Balaban J connectivity index is 2.96. The maximum atomic E-state index is 12.0. The lowest BCUT2D eigenvalue weighted by atomic mass is 9.85. The van der Waals surface area contributed by atoms with E-state index in [1.807, 2.05) is 12.1 Å². The van der Waals surface area contributed by atoms with Gasteiger partial charge in [-0.3, -0.25) is 0 Å². The summed E-state index contributed by atoms with van der Waals surface area (Å²) in [5, 5.41) is 17.9. The van der Waals surface area contributed by atoms with Crippen molar-refractivity contribution in [2.45, 2.75) is 20.2 Å². The molecule has 1 aromatic carbocycles. The quantitative estimate of drug-likeness (QED) is 0.839. The largest absolute Gasteiger partial charge is 0.573 e. The highest BCUT2D eigenvalue weighted by Gasteiger charge is 2.31. The number of nitrogens with zero attached hydrogens (tertiary/aromatic N) is 2. The predicted octanol–water partition coefficient (Wildman–Crippen LogP) is 4.04. The number of allylic oxidation sites excluding steroid dienone is 1. The highest BCUT2D eigenvalue weighted by atomic mass is 19.4. The van der Waals surface area contributed by atoms with Gasteiger partial charge >= 0.3 is 6.36 Å². The molecule has 0 radical (unpaired) electrons. The summed E-state index contributed by atoms with van der Waals surface area (Å²) < 4.78 is 39.7. The fourth-order valence-corrected chi connectivity index (χ4v) is 1.36. The second kappa shape index (κ2) is 5.66. The number of halogens is 3. The molecule has 0 saturated carbocycles. The Bertz CT molecular complexity index is 575. The fourth-order valence-electron chi connectivity index (χ4n) is 1.36. The summed E-state index contributed by atoms with van der Waals surface area (Å²) in [6, 6.07) is 8.95. The van der Waals surface area contributed by atoms with Gasteiger partial charge in [0.25, 0.3) is 0 Å². The Morgan fingerprint density at radius 2 is 1.65 bits per heavy atom. The summed E-state index contributed by atoms with van der Waals surface area (Å²) in [4.78, 5) is 0. The molecule has 0 aliphatic heterocycles. The molecule has 0 N–H and O–H groups in total. The molecule has 1 rings (SSSR count). The molecule has 0 spiro atoms. The minimum Gasteiger partial charge on any atom is -0.406 e. The Morgan fingerprint density at radius 3 is 2.05 bits per heavy atom. The maximum Gasteiger partial charge on any atom is 0.573 e. The van der Waals surface area contributed by atoms with E-state index in [1.54, 1.807) is 13.0 Å². The number of hydrogen-bond donors (Lipinski definition) is 0. The fraction of sp³-hybridized carbons (Fsp3) is 0.286. The molecule has 0 atom stereocenters. The van der Waals surface area contributed by atoms with E-state index in [4.69, 9.17) is 10.5 Å². The van der Waals surface area contributed by atoms with E-state index in [0.29, 0.717) is 11.1 Å². The zero-order valence-electron chi connectivity index (χ0n) is 10.8. The summed E-state index contributed by atoms with van der Waals surface area (Å²) >= 11 is 0. The molecule has 0 saturated heterocycles. The second-order valence-corrected chi connectivity index (χ2v) is 4.29. The van der Waals surface area contributed by atoms with E-state index in [1.165, 1.54) is 31.2 Å². The van der Waals surface area contributed by atoms with Gasteiger partial charge in [-0.25, -0.2) is 0 Å². The SMILES string of the molecule is C/C(=C\c1ccc(OC(F)(F)F)cc1)C(C)(C#N)C#N. The molecule has 0 heterocycles. The van der Waals surface area contributed by atoms with Crippen molar-refractivity contribution < 1.29 is 17.9 Å². The van der Waals surface area contributed by atoms with Gasteiger partial charge < -0.3 is 4.74 Å². The van der Waals surface area contributed by atoms with Crippen LogP contribution in [0, 0.1) is 28.1 Å². The number of benzene rings is 1. The zero-order valence-corrected chi connectivity index (χ0v) is 10.8. The van der Waals surface area contributed by atoms with Crippen molar-refractivity contribution in [3.63, 3.8) is 0 Å². The summed E-state index contributed by atoms with van der Waals surface area (Å²) in [7, 11) is 0. The number of alkyl halides is 3. The summed E-state index contributed by atoms with van der Waals surface area (Å²) in [6.07, 6.45) is -3.16. The molecule has 0 aromatic heterocycles. The Labute approximate surface area is 114 Å². The third-order valence-corrected chi connectivity index (χ3v) is 2.73. The van der Waals surface area contributed by atoms with Crippen molar-refractivity contribution in [2.24, 2.45) is 5.41 Å². The Hall–Kier alpha value is -2.47. The Kier molecular flexibility index (Phi) is 4.41. The molecule has 0 bridgehead atoms. The zero-order chi connectivity index (χ0) is 15.4. The molecule has 0 unspecified atom stereocenters. The number of ether oxygens (including phenoxy) is 1. The van der Waals surface area contributed by atoms with Gasteiger partial charge in [0.2, 0.25) is 0 Å². The van der Waals surface area contributed by atoms with Crippen LogP contribution in [0.1, 0.15) is 19.4 Å². The van der Waals surface area contributed by atoms with Gasteiger partial charge in [-0.1, -0.05) is 18.2 Å². The van der Waals surface area contributed by atoms with Crippen LogP contribution in [0.5, 0.6) is 5.75 Å². The van der Waals surface area contributed by atoms with Crippen LogP contribution in [0.15, 0.2) is 29.8 Å². The molecule has 104 valence electrons. The third-order valence-electron chi connectivity index (χ3n) is 2.73. The van der Waals surface area contributed by atoms with E-state index in [2.05, 4.69) is 4.74 Å². The second-order valence-electron chi connectivity index (χ2n) is 4.29. The molecule has 20 heavy (non-hydrogen) atoms. The van der Waals surface area contributed by atoms with Gasteiger partial charge in [0.05, 0.1) is 12.1 Å². The molecular weight excluding hydrogens is 269 g/mol. The smallest absolute Gasteiger partial charge is 0.406 e. The lowest BCUT2D eigenvalue weighted by Crippen LogP contribution is -2.17. The number of hydrogen-bond acceptors (Lipinski definition) is 3. The lowest BCUT2D eigenvalue weighted by molar-refractivity contribution is -0.274. The average Bonchev–Trinajstić information content (AvgIpc) is 2.38. The van der Waals surface area contributed by atoms with Crippen molar-refractivity contribution in [1.29, 1.82) is 10.5 Å². The van der Waals surface area contributed by atoms with Crippen LogP contribution < -0.4 is 4.74 Å². The van der Waals surface area contributed by atoms with Crippen molar-refractivity contribution in [2.75, 3.05) is 0 Å². The predicted molar refractivity (Wildman–Crippen MR) is 66.1 cm³/mol. The van der Waals surface area contributed by atoms with Crippen LogP contribution in [0.4, 0.5) is 13.2 Å². The number of nitriles is 2. The highest BCUT2D eigenvalue weighted by Crippen LogP contribution is 2.28. The van der Waals surface area contributed by atoms with E-state index in [-0.39, 0.29) is 5.75 Å². The van der Waals surface area contributed by atoms with Crippen molar-refractivity contribution in [3.05, 3.63) is 35.4 Å². The highest BCUT2D eigenvalue weighted by molar-refractivity contribution is 5.57. The van der Waals surface area contributed by atoms with Gasteiger partial charge in [-0.2, -0.15) is 10.5 Å². The van der Waals surface area contributed by atoms with Crippen molar-refractivity contribution >= 4 is 6.08 Å². The van der Waals surface area contributed by atoms with E-state index in [9.17, 15) is 13.2 Å². The van der Waals surface area contributed by atoms with Crippen LogP contribution in [0.2, 0.25) is 0 Å². The van der Waals surface area contributed by atoms with Gasteiger partial charge in [0.1, 0.15) is 5.75 Å². The van der Waals surface area contributed by atoms with Crippen molar-refractivity contribution in [1.82, 2.24) is 0 Å². The molecule has 0 aliphatic carbocycles. The first-order valence-corrected chi connectivity index (χ1v) is 5.57. The first kappa shape index (κ1) is 15.6. The monoisotopic (exact) mass is 280 g/mol. The van der Waals surface area contributed by atoms with Crippen LogP contribution >= 0.6 is 0 Å². The standard InChI is InChI=1S/C14H11F3N2O/c1-10(13(2,8-18)9-19)7-11-3-5-12(6-4-11)20-14(15,16)17/h3-7H,1-2H3/b10-7+. The third kappa shape index (κ3) is 4.03. The van der Waals surface area contributed by atoms with Gasteiger partial charge in [-0.15, -0.1) is 13.2 Å². The van der Waals surface area contributed by atoms with E-state index >= 15 is 0 Å². The molecular formula is C14H11F3N2O. The van der Waals surface area contributed by atoms with E-state index < -0.39 is 11.8 Å². The summed E-state index contributed by atoms with van der Waals surface area (Å²) in [6.45, 7) is 3.09. The van der Waals surface area contributed by atoms with Crippen molar-refractivity contribution in [3.8, 4) is 17.9 Å². The van der Waals surface area contributed by atoms with E-state index in [0.717, 1.165) is 0 Å². The topological polar surface area (TPSA) is 56.8 Å². The van der Waals surface area contributed by atoms with Crippen LogP contribution in [-0.4, -0.2) is 6.36 Å². The Morgan fingerprint density at radius 1 is 1.15 bits per heavy atom. The first-order chi connectivity index (χ1) is 9.20. The molecule has 6 heteroatoms. The molecule has 1 aromatic rings. The van der Waals surface area contributed by atoms with Gasteiger partial charge in [0, 0.05) is 0 Å². The molecule has 3 nitrogen and oxygen atoms in total. The first-order valence-electron chi connectivity index (χ1n) is 5.57. The maximum absolute atomic E-state index is 12.0. The lowest BCUT2D eigenvalue weighted by Gasteiger charge is -2.13. The van der Waals surface area contributed by atoms with Crippen LogP contribution in [0.25, 0.3) is 6.08 Å². The summed E-state index contributed by atoms with van der Waals surface area (Å²) in [5.74, 6) is -0.323. The van der Waals surface area contributed by atoms with Gasteiger partial charge in [0.15, 0.2) is 5.41 Å². The summed E-state index contributed by atoms with van der Waals surface area (Å²) in [5.41, 5.74) is -0.179. The normalized spacial score (nSPS) is 12.4. The van der Waals surface area contributed by atoms with Crippen LogP contribution in [0.3, 0.4) is 0 Å².